The second-order valence-electron chi connectivity index (χ2n) is 4.94. The monoisotopic (exact) mass is 390 g/mol. The fourth-order valence-corrected chi connectivity index (χ4v) is 2.43. The molecule has 2 aromatic rings. The average Bonchev–Trinajstić information content (AvgIpc) is 2.60. The number of methoxy groups -OCH3 is 1. The highest BCUT2D eigenvalue weighted by atomic mass is 79.9. The first-order valence-corrected chi connectivity index (χ1v) is 8.33. The van der Waals surface area contributed by atoms with Crippen LogP contribution in [0.25, 0.3) is 0 Å². The summed E-state index contributed by atoms with van der Waals surface area (Å²) in [5.74, 6) is 1.04. The number of rotatable bonds is 7. The zero-order valence-corrected chi connectivity index (χ0v) is 15.2. The molecular formula is C18H19BrN2O3. The van der Waals surface area contributed by atoms with Gasteiger partial charge in [0.2, 0.25) is 0 Å². The van der Waals surface area contributed by atoms with Gasteiger partial charge in [-0.05, 0) is 58.2 Å². The molecule has 0 fully saturated rings. The SMILES string of the molecule is CCCOc1cc(/C=N\NC(=O)c2ccccc2Br)ccc1OC. The molecule has 0 radical (unpaired) electrons. The van der Waals surface area contributed by atoms with Crippen molar-refractivity contribution in [1.82, 2.24) is 5.43 Å². The molecule has 0 unspecified atom stereocenters. The van der Waals surface area contributed by atoms with Crippen LogP contribution in [0.3, 0.4) is 0 Å². The van der Waals surface area contributed by atoms with Crippen LogP contribution in [-0.4, -0.2) is 25.8 Å². The summed E-state index contributed by atoms with van der Waals surface area (Å²) in [4.78, 5) is 12.1. The van der Waals surface area contributed by atoms with Crippen molar-refractivity contribution < 1.29 is 14.3 Å². The van der Waals surface area contributed by atoms with Crippen molar-refractivity contribution in [3.63, 3.8) is 0 Å². The lowest BCUT2D eigenvalue weighted by Crippen LogP contribution is -2.18. The molecular weight excluding hydrogens is 372 g/mol. The third-order valence-corrected chi connectivity index (χ3v) is 3.84. The van der Waals surface area contributed by atoms with Crippen LogP contribution < -0.4 is 14.9 Å². The van der Waals surface area contributed by atoms with Crippen LogP contribution in [0, 0.1) is 0 Å². The third-order valence-electron chi connectivity index (χ3n) is 3.15. The Morgan fingerprint density at radius 2 is 2.04 bits per heavy atom. The van der Waals surface area contributed by atoms with E-state index in [4.69, 9.17) is 9.47 Å². The van der Waals surface area contributed by atoms with Gasteiger partial charge < -0.3 is 9.47 Å². The highest BCUT2D eigenvalue weighted by Crippen LogP contribution is 2.27. The van der Waals surface area contributed by atoms with E-state index in [-0.39, 0.29) is 5.91 Å². The Hall–Kier alpha value is -2.34. The normalized spacial score (nSPS) is 10.6. The highest BCUT2D eigenvalue weighted by Gasteiger charge is 2.08. The van der Waals surface area contributed by atoms with Gasteiger partial charge in [-0.15, -0.1) is 0 Å². The predicted octanol–water partition coefficient (Wildman–Crippen LogP) is 4.01. The van der Waals surface area contributed by atoms with E-state index in [1.165, 1.54) is 0 Å². The largest absolute Gasteiger partial charge is 0.493 e. The molecule has 0 saturated carbocycles. The van der Waals surface area contributed by atoms with Gasteiger partial charge in [0.25, 0.3) is 5.91 Å². The Kier molecular flexibility index (Phi) is 6.81. The molecule has 6 heteroatoms. The van der Waals surface area contributed by atoms with Gasteiger partial charge in [-0.3, -0.25) is 4.79 Å². The van der Waals surface area contributed by atoms with Crippen LogP contribution in [0.4, 0.5) is 0 Å². The Morgan fingerprint density at radius 3 is 2.75 bits per heavy atom. The second-order valence-corrected chi connectivity index (χ2v) is 5.79. The number of halogens is 1. The first-order valence-electron chi connectivity index (χ1n) is 7.54. The quantitative estimate of drug-likeness (QED) is 0.573. The maximum absolute atomic E-state index is 12.1. The number of hydrogen-bond acceptors (Lipinski definition) is 4. The summed E-state index contributed by atoms with van der Waals surface area (Å²) in [6.45, 7) is 2.64. The summed E-state index contributed by atoms with van der Waals surface area (Å²) in [5, 5.41) is 3.99. The maximum Gasteiger partial charge on any atom is 0.272 e. The van der Waals surface area contributed by atoms with Gasteiger partial charge >= 0.3 is 0 Å². The second kappa shape index (κ2) is 9.08. The molecule has 0 spiro atoms. The van der Waals surface area contributed by atoms with Crippen LogP contribution in [0.15, 0.2) is 52.0 Å². The summed E-state index contributed by atoms with van der Waals surface area (Å²) in [7, 11) is 1.60. The molecule has 2 aromatic carbocycles. The Bertz CT molecular complexity index is 732. The fourth-order valence-electron chi connectivity index (χ4n) is 1.97. The van der Waals surface area contributed by atoms with E-state index in [9.17, 15) is 4.79 Å². The standard InChI is InChI=1S/C18H19BrN2O3/c1-3-10-24-17-11-13(8-9-16(17)23-2)12-20-21-18(22)14-6-4-5-7-15(14)19/h4-9,11-12H,3,10H2,1-2H3,(H,21,22)/b20-12-. The topological polar surface area (TPSA) is 59.9 Å². The van der Waals surface area contributed by atoms with Crippen LogP contribution in [0.1, 0.15) is 29.3 Å². The first kappa shape index (κ1) is 18.0. The molecule has 0 bridgehead atoms. The lowest BCUT2D eigenvalue weighted by Gasteiger charge is -2.10. The summed E-state index contributed by atoms with van der Waals surface area (Å²) in [6.07, 6.45) is 2.47. The zero-order valence-electron chi connectivity index (χ0n) is 13.6. The molecule has 0 heterocycles. The van der Waals surface area contributed by atoms with Crippen molar-refractivity contribution in [2.24, 2.45) is 5.10 Å². The number of hydrogen-bond donors (Lipinski definition) is 1. The molecule has 1 N–H and O–H groups in total. The molecule has 24 heavy (non-hydrogen) atoms. The van der Waals surface area contributed by atoms with Crippen LogP contribution in [0.2, 0.25) is 0 Å². The number of carbonyl (C=O) groups excluding carboxylic acids is 1. The van der Waals surface area contributed by atoms with Crippen LogP contribution in [-0.2, 0) is 0 Å². The summed E-state index contributed by atoms with van der Waals surface area (Å²) in [5.41, 5.74) is 3.83. The molecule has 0 aliphatic rings. The first-order chi connectivity index (χ1) is 11.7. The highest BCUT2D eigenvalue weighted by molar-refractivity contribution is 9.10. The number of nitrogens with one attached hydrogen (secondary N) is 1. The molecule has 1 amide bonds. The lowest BCUT2D eigenvalue weighted by molar-refractivity contribution is 0.0954. The van der Waals surface area contributed by atoms with E-state index < -0.39 is 0 Å². The van der Waals surface area contributed by atoms with E-state index in [0.717, 1.165) is 16.5 Å². The molecule has 2 rings (SSSR count). The van der Waals surface area contributed by atoms with Crippen molar-refractivity contribution in [1.29, 1.82) is 0 Å². The van der Waals surface area contributed by atoms with Crippen molar-refractivity contribution in [2.45, 2.75) is 13.3 Å². The van der Waals surface area contributed by atoms with Crippen molar-refractivity contribution in [3.05, 3.63) is 58.1 Å². The van der Waals surface area contributed by atoms with E-state index in [2.05, 4.69) is 26.5 Å². The third kappa shape index (κ3) is 4.83. The van der Waals surface area contributed by atoms with Crippen molar-refractivity contribution in [2.75, 3.05) is 13.7 Å². The van der Waals surface area contributed by atoms with Gasteiger partial charge in [0, 0.05) is 4.47 Å². The number of hydrazone groups is 1. The van der Waals surface area contributed by atoms with Crippen molar-refractivity contribution in [3.8, 4) is 11.5 Å². The Balaban J connectivity index is 2.06. The number of ether oxygens (including phenoxy) is 2. The molecule has 0 aliphatic heterocycles. The van der Waals surface area contributed by atoms with Crippen molar-refractivity contribution >= 4 is 28.1 Å². The molecule has 126 valence electrons. The predicted molar refractivity (Wildman–Crippen MR) is 98.0 cm³/mol. The summed E-state index contributed by atoms with van der Waals surface area (Å²) >= 11 is 3.34. The average molecular weight is 391 g/mol. The van der Waals surface area contributed by atoms with E-state index in [1.54, 1.807) is 31.5 Å². The maximum atomic E-state index is 12.1. The number of carbonyl (C=O) groups is 1. The van der Waals surface area contributed by atoms with Gasteiger partial charge in [-0.1, -0.05) is 19.1 Å². The number of benzene rings is 2. The number of amides is 1. The van der Waals surface area contributed by atoms with Gasteiger partial charge in [0.05, 0.1) is 25.5 Å². The fraction of sp³-hybridized carbons (Fsp3) is 0.222. The molecule has 0 aromatic heterocycles. The molecule has 0 saturated heterocycles. The van der Waals surface area contributed by atoms with E-state index in [0.29, 0.717) is 23.7 Å². The van der Waals surface area contributed by atoms with Crippen LogP contribution in [0.5, 0.6) is 11.5 Å². The summed E-state index contributed by atoms with van der Waals surface area (Å²) in [6, 6.07) is 12.6. The van der Waals surface area contributed by atoms with Crippen LogP contribution >= 0.6 is 15.9 Å². The number of nitrogens with zero attached hydrogens (tertiary/aromatic N) is 1. The van der Waals surface area contributed by atoms with Gasteiger partial charge in [-0.25, -0.2) is 5.43 Å². The Labute approximate surface area is 149 Å². The van der Waals surface area contributed by atoms with Gasteiger partial charge in [-0.2, -0.15) is 5.10 Å². The minimum Gasteiger partial charge on any atom is -0.493 e. The smallest absolute Gasteiger partial charge is 0.272 e. The molecule has 5 nitrogen and oxygen atoms in total. The molecule has 0 aliphatic carbocycles. The van der Waals surface area contributed by atoms with E-state index >= 15 is 0 Å². The minimum absolute atomic E-state index is 0.283. The lowest BCUT2D eigenvalue weighted by atomic mass is 10.2. The van der Waals surface area contributed by atoms with E-state index in [1.807, 2.05) is 31.2 Å². The van der Waals surface area contributed by atoms with Gasteiger partial charge in [0.1, 0.15) is 0 Å². The minimum atomic E-state index is -0.283. The van der Waals surface area contributed by atoms with Gasteiger partial charge in [0.15, 0.2) is 11.5 Å². The molecule has 0 atom stereocenters. The zero-order chi connectivity index (χ0) is 17.4. The summed E-state index contributed by atoms with van der Waals surface area (Å²) < 4.78 is 11.6. The Morgan fingerprint density at radius 1 is 1.25 bits per heavy atom.